The van der Waals surface area contributed by atoms with Gasteiger partial charge in [-0.25, -0.2) is 0 Å². The van der Waals surface area contributed by atoms with Gasteiger partial charge in [-0.1, -0.05) is 42.5 Å². The van der Waals surface area contributed by atoms with Gasteiger partial charge in [0, 0.05) is 13.2 Å². The van der Waals surface area contributed by atoms with Crippen molar-refractivity contribution >= 4 is 23.4 Å². The summed E-state index contributed by atoms with van der Waals surface area (Å²) >= 11 is 4.74. The topological polar surface area (TPSA) is 24.1 Å². The Morgan fingerprint density at radius 2 is 2.00 bits per heavy atom. The fourth-order valence-electron chi connectivity index (χ4n) is 1.03. The Balaban J connectivity index is 2.89. The van der Waals surface area contributed by atoms with Crippen LogP contribution in [0.5, 0.6) is 0 Å². The number of hydrogen-bond acceptors (Lipinski definition) is 2. The number of hydrogen-bond donors (Lipinski definition) is 2. The van der Waals surface area contributed by atoms with Gasteiger partial charge in [0.15, 0.2) is 0 Å². The SMILES string of the molecule is CN/C=C(\NC=S)c1ccccc1. The van der Waals surface area contributed by atoms with Crippen molar-refractivity contribution in [3.05, 3.63) is 42.1 Å². The van der Waals surface area contributed by atoms with E-state index in [0.717, 1.165) is 11.3 Å². The molecular formula is C10H12N2S. The van der Waals surface area contributed by atoms with Crippen LogP contribution in [0.2, 0.25) is 0 Å². The Bertz CT molecular complexity index is 293. The molecule has 0 aliphatic rings. The summed E-state index contributed by atoms with van der Waals surface area (Å²) in [6.07, 6.45) is 1.87. The van der Waals surface area contributed by atoms with Crippen LogP contribution in [0.3, 0.4) is 0 Å². The lowest BCUT2D eigenvalue weighted by molar-refractivity contribution is 1.09. The van der Waals surface area contributed by atoms with Gasteiger partial charge in [-0.05, 0) is 5.56 Å². The zero-order chi connectivity index (χ0) is 9.52. The van der Waals surface area contributed by atoms with E-state index in [1.165, 1.54) is 5.49 Å². The van der Waals surface area contributed by atoms with Gasteiger partial charge < -0.3 is 10.6 Å². The van der Waals surface area contributed by atoms with E-state index in [2.05, 4.69) is 10.6 Å². The average Bonchev–Trinajstić information content (AvgIpc) is 2.19. The minimum absolute atomic E-state index is 0.970. The second-order valence-corrected chi connectivity index (χ2v) is 2.71. The molecule has 0 aliphatic carbocycles. The van der Waals surface area contributed by atoms with E-state index >= 15 is 0 Å². The molecule has 0 saturated carbocycles. The summed E-state index contributed by atoms with van der Waals surface area (Å²) < 4.78 is 0. The number of benzene rings is 1. The molecule has 2 N–H and O–H groups in total. The highest BCUT2D eigenvalue weighted by Gasteiger charge is 1.96. The molecule has 1 rings (SSSR count). The third kappa shape index (κ3) is 2.87. The van der Waals surface area contributed by atoms with Gasteiger partial charge in [-0.2, -0.15) is 0 Å². The summed E-state index contributed by atoms with van der Waals surface area (Å²) in [6, 6.07) is 10.0. The van der Waals surface area contributed by atoms with Crippen molar-refractivity contribution in [3.8, 4) is 0 Å². The smallest absolute Gasteiger partial charge is 0.0659 e. The maximum Gasteiger partial charge on any atom is 0.0659 e. The maximum atomic E-state index is 4.74. The molecule has 0 spiro atoms. The molecule has 1 aromatic rings. The lowest BCUT2D eigenvalue weighted by Crippen LogP contribution is -2.11. The van der Waals surface area contributed by atoms with E-state index < -0.39 is 0 Å². The fraction of sp³-hybridized carbons (Fsp3) is 0.100. The van der Waals surface area contributed by atoms with Crippen LogP contribution < -0.4 is 10.6 Å². The van der Waals surface area contributed by atoms with Crippen molar-refractivity contribution < 1.29 is 0 Å². The predicted molar refractivity (Wildman–Crippen MR) is 60.3 cm³/mol. The first-order chi connectivity index (χ1) is 6.38. The number of rotatable bonds is 4. The van der Waals surface area contributed by atoms with Crippen LogP contribution >= 0.6 is 12.2 Å². The van der Waals surface area contributed by atoms with Crippen LogP contribution in [-0.4, -0.2) is 12.5 Å². The van der Waals surface area contributed by atoms with E-state index in [1.54, 1.807) is 0 Å². The van der Waals surface area contributed by atoms with Crippen molar-refractivity contribution in [2.45, 2.75) is 0 Å². The summed E-state index contributed by atoms with van der Waals surface area (Å²) in [5.41, 5.74) is 3.58. The van der Waals surface area contributed by atoms with E-state index in [1.807, 2.05) is 43.6 Å². The Kier molecular flexibility index (Phi) is 3.99. The molecule has 1 aromatic carbocycles. The molecule has 0 saturated heterocycles. The van der Waals surface area contributed by atoms with E-state index in [9.17, 15) is 0 Å². The third-order valence-electron chi connectivity index (χ3n) is 1.59. The van der Waals surface area contributed by atoms with Gasteiger partial charge >= 0.3 is 0 Å². The maximum absolute atomic E-state index is 4.74. The zero-order valence-electron chi connectivity index (χ0n) is 7.45. The summed E-state index contributed by atoms with van der Waals surface area (Å²) in [7, 11) is 1.86. The third-order valence-corrected chi connectivity index (χ3v) is 1.71. The summed E-state index contributed by atoms with van der Waals surface area (Å²) in [5.74, 6) is 0. The second kappa shape index (κ2) is 5.32. The Morgan fingerprint density at radius 3 is 2.54 bits per heavy atom. The predicted octanol–water partition coefficient (Wildman–Crippen LogP) is 1.75. The molecule has 3 heteroatoms. The zero-order valence-corrected chi connectivity index (χ0v) is 8.27. The lowest BCUT2D eigenvalue weighted by Gasteiger charge is -2.06. The van der Waals surface area contributed by atoms with Crippen molar-refractivity contribution in [2.75, 3.05) is 7.05 Å². The molecule has 13 heavy (non-hydrogen) atoms. The molecule has 0 amide bonds. The van der Waals surface area contributed by atoms with Gasteiger partial charge in [0.25, 0.3) is 0 Å². The van der Waals surface area contributed by atoms with Gasteiger partial charge in [0.2, 0.25) is 0 Å². The molecule has 0 unspecified atom stereocenters. The monoisotopic (exact) mass is 192 g/mol. The summed E-state index contributed by atoms with van der Waals surface area (Å²) in [6.45, 7) is 0. The highest BCUT2D eigenvalue weighted by atomic mass is 32.1. The van der Waals surface area contributed by atoms with Gasteiger partial charge in [-0.15, -0.1) is 0 Å². The first-order valence-corrected chi connectivity index (χ1v) is 4.48. The van der Waals surface area contributed by atoms with Gasteiger partial charge in [0.1, 0.15) is 0 Å². The van der Waals surface area contributed by atoms with Crippen molar-refractivity contribution in [2.24, 2.45) is 0 Å². The largest absolute Gasteiger partial charge is 0.392 e. The van der Waals surface area contributed by atoms with Crippen LogP contribution in [0, 0.1) is 0 Å². The molecular weight excluding hydrogens is 180 g/mol. The molecule has 0 fully saturated rings. The fourth-order valence-corrected chi connectivity index (χ4v) is 1.16. The highest BCUT2D eigenvalue weighted by molar-refractivity contribution is 7.78. The second-order valence-electron chi connectivity index (χ2n) is 2.47. The molecule has 0 bridgehead atoms. The average molecular weight is 192 g/mol. The van der Waals surface area contributed by atoms with Gasteiger partial charge in [-0.3, -0.25) is 0 Å². The normalized spacial score (nSPS) is 10.7. The van der Waals surface area contributed by atoms with E-state index in [0.29, 0.717) is 0 Å². The number of nitrogens with one attached hydrogen (secondary N) is 2. The van der Waals surface area contributed by atoms with Crippen LogP contribution in [-0.2, 0) is 0 Å². The molecule has 0 heterocycles. The molecule has 68 valence electrons. The van der Waals surface area contributed by atoms with E-state index in [-0.39, 0.29) is 0 Å². The molecule has 0 aromatic heterocycles. The van der Waals surface area contributed by atoms with Crippen LogP contribution in [0.15, 0.2) is 36.5 Å². The van der Waals surface area contributed by atoms with Crippen molar-refractivity contribution in [1.82, 2.24) is 10.6 Å². The van der Waals surface area contributed by atoms with Crippen LogP contribution in [0.1, 0.15) is 5.56 Å². The van der Waals surface area contributed by atoms with Crippen LogP contribution in [0.25, 0.3) is 5.70 Å². The van der Waals surface area contributed by atoms with Gasteiger partial charge in [0.05, 0.1) is 11.2 Å². The number of thiocarbonyl (C=S) groups is 1. The molecule has 0 aliphatic heterocycles. The molecule has 2 nitrogen and oxygen atoms in total. The Hall–Kier alpha value is -1.35. The summed E-state index contributed by atoms with van der Waals surface area (Å²) in [4.78, 5) is 0. The van der Waals surface area contributed by atoms with Crippen LogP contribution in [0.4, 0.5) is 0 Å². The van der Waals surface area contributed by atoms with E-state index in [4.69, 9.17) is 12.2 Å². The first-order valence-electron chi connectivity index (χ1n) is 4.01. The van der Waals surface area contributed by atoms with Crippen molar-refractivity contribution in [1.29, 1.82) is 0 Å². The quantitative estimate of drug-likeness (QED) is 0.711. The lowest BCUT2D eigenvalue weighted by atomic mass is 10.2. The molecule has 0 radical (unpaired) electrons. The Labute approximate surface area is 83.7 Å². The standard InChI is InChI=1S/C10H12N2S/c1-11-7-10(12-8-13)9-5-3-2-4-6-9/h2-8,11H,1H3,(H,12,13)/b10-7-. The minimum Gasteiger partial charge on any atom is -0.392 e. The highest BCUT2D eigenvalue weighted by Crippen LogP contribution is 2.08. The molecule has 0 atom stereocenters. The Morgan fingerprint density at radius 1 is 1.31 bits per heavy atom. The minimum atomic E-state index is 0.970. The first kappa shape index (κ1) is 9.74. The van der Waals surface area contributed by atoms with Crippen molar-refractivity contribution in [3.63, 3.8) is 0 Å². The summed E-state index contributed by atoms with van der Waals surface area (Å²) in [5, 5.41) is 5.95.